The summed E-state index contributed by atoms with van der Waals surface area (Å²) in [5.41, 5.74) is 4.09. The molecule has 4 aromatic rings. The number of pyridine rings is 2. The number of carbonyl (C=O) groups is 1. The molecule has 44 heavy (non-hydrogen) atoms. The van der Waals surface area contributed by atoms with Crippen molar-refractivity contribution in [2.24, 2.45) is 5.92 Å². The van der Waals surface area contributed by atoms with Gasteiger partial charge in [-0.25, -0.2) is 13.4 Å². The van der Waals surface area contributed by atoms with Gasteiger partial charge in [-0.1, -0.05) is 24.3 Å². The molecule has 11 heteroatoms. The van der Waals surface area contributed by atoms with Crippen LogP contribution in [0.1, 0.15) is 24.8 Å². The zero-order valence-corrected chi connectivity index (χ0v) is 25.6. The van der Waals surface area contributed by atoms with E-state index in [2.05, 4.69) is 20.7 Å². The van der Waals surface area contributed by atoms with E-state index in [4.69, 9.17) is 14.5 Å². The van der Waals surface area contributed by atoms with E-state index in [1.807, 2.05) is 37.3 Å². The van der Waals surface area contributed by atoms with Crippen LogP contribution in [-0.2, 0) is 25.0 Å². The Morgan fingerprint density at radius 3 is 2.55 bits per heavy atom. The van der Waals surface area contributed by atoms with Crippen molar-refractivity contribution >= 4 is 38.2 Å². The maximum Gasteiger partial charge on any atom is 0.262 e. The van der Waals surface area contributed by atoms with Crippen LogP contribution >= 0.6 is 0 Å². The Hall–Kier alpha value is -4.06. The molecule has 4 heterocycles. The third-order valence-electron chi connectivity index (χ3n) is 8.64. The van der Waals surface area contributed by atoms with Gasteiger partial charge in [0.2, 0.25) is 11.8 Å². The first-order chi connectivity index (χ1) is 21.2. The van der Waals surface area contributed by atoms with Gasteiger partial charge < -0.3 is 19.3 Å². The molecule has 7 rings (SSSR count). The summed E-state index contributed by atoms with van der Waals surface area (Å²) in [6.07, 6.45) is 5.94. The number of benzene rings is 2. The number of nitrogens with one attached hydrogen (secondary N) is 1. The van der Waals surface area contributed by atoms with E-state index in [9.17, 15) is 13.2 Å². The second kappa shape index (κ2) is 11.1. The summed E-state index contributed by atoms with van der Waals surface area (Å²) in [6.45, 7) is 3.21. The minimum Gasteiger partial charge on any atom is -0.476 e. The smallest absolute Gasteiger partial charge is 0.262 e. The van der Waals surface area contributed by atoms with Gasteiger partial charge in [-0.3, -0.25) is 14.5 Å². The summed E-state index contributed by atoms with van der Waals surface area (Å²) in [7, 11) is 0.0891. The number of amides is 1. The number of nitrogens with zero attached hydrogens (tertiary/aromatic N) is 4. The SMILES string of the molecule is CN(C)CCCOc1ncc(-c2ccc3ncc4c(c3c2)C2(CC2)C(=O)N4CC2COC2)cc1NS(=O)(=O)c1ccccc1. The Bertz CT molecular complexity index is 1840. The van der Waals surface area contributed by atoms with Crippen molar-refractivity contribution < 1.29 is 22.7 Å². The fourth-order valence-corrected chi connectivity index (χ4v) is 7.18. The summed E-state index contributed by atoms with van der Waals surface area (Å²) in [4.78, 5) is 27.1. The highest BCUT2D eigenvalue weighted by atomic mass is 32.2. The molecule has 2 fully saturated rings. The Morgan fingerprint density at radius 2 is 1.84 bits per heavy atom. The lowest BCUT2D eigenvalue weighted by atomic mass is 9.92. The van der Waals surface area contributed by atoms with Gasteiger partial charge in [-0.2, -0.15) is 0 Å². The summed E-state index contributed by atoms with van der Waals surface area (Å²) >= 11 is 0. The van der Waals surface area contributed by atoms with Crippen molar-refractivity contribution in [3.63, 3.8) is 0 Å². The summed E-state index contributed by atoms with van der Waals surface area (Å²) < 4.78 is 40.7. The summed E-state index contributed by atoms with van der Waals surface area (Å²) in [6, 6.07) is 15.9. The predicted molar refractivity (Wildman–Crippen MR) is 168 cm³/mol. The van der Waals surface area contributed by atoms with Crippen LogP contribution in [0.25, 0.3) is 22.0 Å². The maximum absolute atomic E-state index is 13.7. The van der Waals surface area contributed by atoms with E-state index in [1.54, 1.807) is 42.6 Å². The largest absolute Gasteiger partial charge is 0.476 e. The number of carbonyl (C=O) groups excluding carboxylic acids is 1. The second-order valence-corrected chi connectivity index (χ2v) is 13.8. The summed E-state index contributed by atoms with van der Waals surface area (Å²) in [5.74, 6) is 0.721. The van der Waals surface area contributed by atoms with E-state index in [0.29, 0.717) is 37.8 Å². The average Bonchev–Trinajstić information content (AvgIpc) is 3.76. The Morgan fingerprint density at radius 1 is 1.05 bits per heavy atom. The monoisotopic (exact) mass is 613 g/mol. The van der Waals surface area contributed by atoms with Crippen LogP contribution in [0.3, 0.4) is 0 Å². The first-order valence-corrected chi connectivity index (χ1v) is 16.4. The Kier molecular flexibility index (Phi) is 7.26. The minimum absolute atomic E-state index is 0.147. The number of sulfonamides is 1. The molecule has 2 aromatic carbocycles. The molecule has 0 bridgehead atoms. The number of aromatic nitrogens is 2. The number of rotatable bonds is 11. The Balaban J connectivity index is 1.26. The van der Waals surface area contributed by atoms with Crippen LogP contribution in [0.4, 0.5) is 11.4 Å². The van der Waals surface area contributed by atoms with Gasteiger partial charge in [-0.05, 0) is 69.3 Å². The fraction of sp³-hybridized carbons (Fsp3) is 0.364. The maximum atomic E-state index is 13.7. The molecular weight excluding hydrogens is 578 g/mol. The predicted octanol–water partition coefficient (Wildman–Crippen LogP) is 4.45. The van der Waals surface area contributed by atoms with Gasteiger partial charge in [-0.15, -0.1) is 0 Å². The van der Waals surface area contributed by atoms with Gasteiger partial charge in [0, 0.05) is 41.7 Å². The molecule has 1 saturated carbocycles. The van der Waals surface area contributed by atoms with E-state index in [0.717, 1.165) is 53.5 Å². The van der Waals surface area contributed by atoms with E-state index >= 15 is 0 Å². The molecule has 10 nitrogen and oxygen atoms in total. The van der Waals surface area contributed by atoms with Gasteiger partial charge in [0.05, 0.1) is 47.5 Å². The van der Waals surface area contributed by atoms with E-state index in [1.165, 1.54) is 0 Å². The lowest BCUT2D eigenvalue weighted by Gasteiger charge is -2.30. The molecule has 0 unspecified atom stereocenters. The van der Waals surface area contributed by atoms with Crippen LogP contribution in [-0.4, -0.2) is 76.2 Å². The van der Waals surface area contributed by atoms with Crippen molar-refractivity contribution in [2.45, 2.75) is 29.6 Å². The number of anilines is 2. The third kappa shape index (κ3) is 5.18. The molecule has 0 radical (unpaired) electrons. The molecule has 228 valence electrons. The van der Waals surface area contributed by atoms with Crippen LogP contribution in [0.5, 0.6) is 5.88 Å². The first-order valence-electron chi connectivity index (χ1n) is 14.9. The third-order valence-corrected chi connectivity index (χ3v) is 10.0. The van der Waals surface area contributed by atoms with Crippen molar-refractivity contribution in [1.29, 1.82) is 0 Å². The second-order valence-electron chi connectivity index (χ2n) is 12.2. The van der Waals surface area contributed by atoms with Crippen LogP contribution < -0.4 is 14.4 Å². The zero-order chi connectivity index (χ0) is 30.5. The van der Waals surface area contributed by atoms with Gasteiger partial charge in [0.15, 0.2) is 0 Å². The van der Waals surface area contributed by atoms with E-state index < -0.39 is 15.4 Å². The highest BCUT2D eigenvalue weighted by molar-refractivity contribution is 7.92. The number of ether oxygens (including phenoxy) is 2. The molecule has 0 atom stereocenters. The van der Waals surface area contributed by atoms with Gasteiger partial charge in [0.1, 0.15) is 5.69 Å². The molecule has 1 amide bonds. The number of fused-ring (bicyclic) bond motifs is 4. The number of hydrogen-bond acceptors (Lipinski definition) is 8. The standard InChI is InChI=1S/C33H35N5O5S/c1-37(2)13-6-14-43-31-28(36-44(40,41)25-7-4-3-5-8-25)16-24(17-35-31)23-9-10-27-26(15-23)30-29(18-34-27)38(19-22-20-42-21-22)32(39)33(30)11-12-33/h3-5,7-10,15-18,22,36H,6,11-14,19-21H2,1-2H3. The summed E-state index contributed by atoms with van der Waals surface area (Å²) in [5, 5.41) is 0.939. The molecule has 3 aliphatic rings. The lowest BCUT2D eigenvalue weighted by molar-refractivity contribution is -0.121. The van der Waals surface area contributed by atoms with Gasteiger partial charge in [0.25, 0.3) is 10.0 Å². The highest BCUT2D eigenvalue weighted by Gasteiger charge is 2.60. The average molecular weight is 614 g/mol. The zero-order valence-electron chi connectivity index (χ0n) is 24.8. The van der Waals surface area contributed by atoms with Crippen LogP contribution in [0, 0.1) is 5.92 Å². The molecule has 2 aromatic heterocycles. The van der Waals surface area contributed by atoms with Crippen molar-refractivity contribution in [3.05, 3.63) is 72.6 Å². The lowest BCUT2D eigenvalue weighted by Crippen LogP contribution is -2.42. The Labute approximate surface area is 257 Å². The van der Waals surface area contributed by atoms with Crippen LogP contribution in [0.15, 0.2) is 71.9 Å². The minimum atomic E-state index is -3.89. The quantitative estimate of drug-likeness (QED) is 0.247. The van der Waals surface area contributed by atoms with Crippen molar-refractivity contribution in [3.8, 4) is 17.0 Å². The molecule has 1 N–H and O–H groups in total. The van der Waals surface area contributed by atoms with Crippen LogP contribution in [0.2, 0.25) is 0 Å². The fourth-order valence-electron chi connectivity index (χ4n) is 6.11. The highest BCUT2D eigenvalue weighted by Crippen LogP contribution is 2.59. The molecular formula is C33H35N5O5S. The molecule has 2 aliphatic heterocycles. The first kappa shape index (κ1) is 28.7. The van der Waals surface area contributed by atoms with Gasteiger partial charge >= 0.3 is 0 Å². The molecule has 1 saturated heterocycles. The van der Waals surface area contributed by atoms with E-state index in [-0.39, 0.29) is 22.4 Å². The number of hydrogen-bond donors (Lipinski definition) is 1. The van der Waals surface area contributed by atoms with Crippen molar-refractivity contribution in [2.75, 3.05) is 56.6 Å². The topological polar surface area (TPSA) is 114 Å². The normalized spacial score (nSPS) is 17.2. The molecule has 1 aliphatic carbocycles. The van der Waals surface area contributed by atoms with Crippen molar-refractivity contribution in [1.82, 2.24) is 14.9 Å². The molecule has 1 spiro atoms.